The van der Waals surface area contributed by atoms with Crippen LogP contribution in [0.4, 0.5) is 11.4 Å². The summed E-state index contributed by atoms with van der Waals surface area (Å²) in [5.74, 6) is 1.48. The van der Waals surface area contributed by atoms with Crippen LogP contribution in [0.15, 0.2) is 28.8 Å². The van der Waals surface area contributed by atoms with E-state index in [-0.39, 0.29) is 0 Å². The van der Waals surface area contributed by atoms with Gasteiger partial charge >= 0.3 is 0 Å². The van der Waals surface area contributed by atoms with E-state index >= 15 is 0 Å². The third-order valence-corrected chi connectivity index (χ3v) is 2.42. The van der Waals surface area contributed by atoms with E-state index in [1.807, 2.05) is 32.0 Å². The molecule has 0 saturated heterocycles. The maximum Gasteiger partial charge on any atom is 0.213 e. The summed E-state index contributed by atoms with van der Waals surface area (Å²) >= 11 is 0. The van der Waals surface area contributed by atoms with Gasteiger partial charge in [0.1, 0.15) is 5.76 Å². The molecule has 0 aliphatic carbocycles. The van der Waals surface area contributed by atoms with Crippen molar-refractivity contribution in [3.8, 4) is 0 Å². The molecule has 84 valence electrons. The summed E-state index contributed by atoms with van der Waals surface area (Å²) in [6.45, 7) is 4.40. The molecule has 0 saturated carbocycles. The number of hydrogen-bond donors (Lipinski definition) is 2. The molecule has 0 spiro atoms. The molecule has 0 radical (unpaired) electrons. The fraction of sp³-hybridized carbons (Fsp3) is 0.250. The number of benzene rings is 1. The van der Waals surface area contributed by atoms with E-state index < -0.39 is 0 Å². The Morgan fingerprint density at radius 3 is 2.88 bits per heavy atom. The monoisotopic (exact) mass is 217 g/mol. The fourth-order valence-electron chi connectivity index (χ4n) is 1.49. The standard InChI is InChI=1S/C12H15N3O/c1-8-4-3-5-10(12(8)13)14-7-11-15-6-9(2)16-11/h3-6,14H,7,13H2,1-2H3. The van der Waals surface area contributed by atoms with Gasteiger partial charge in [0.2, 0.25) is 5.89 Å². The van der Waals surface area contributed by atoms with Crippen molar-refractivity contribution < 1.29 is 4.42 Å². The molecule has 2 aromatic rings. The zero-order chi connectivity index (χ0) is 11.5. The van der Waals surface area contributed by atoms with Gasteiger partial charge in [-0.2, -0.15) is 0 Å². The number of anilines is 2. The molecule has 0 fully saturated rings. The predicted octanol–water partition coefficient (Wildman–Crippen LogP) is 2.49. The molecule has 4 heteroatoms. The molecule has 0 aliphatic rings. The van der Waals surface area contributed by atoms with E-state index in [4.69, 9.17) is 10.2 Å². The van der Waals surface area contributed by atoms with Crippen LogP contribution >= 0.6 is 0 Å². The molecule has 1 aromatic heterocycles. The Balaban J connectivity index is 2.07. The highest BCUT2D eigenvalue weighted by Gasteiger charge is 2.03. The van der Waals surface area contributed by atoms with E-state index in [1.165, 1.54) is 0 Å². The van der Waals surface area contributed by atoms with Gasteiger partial charge in [0.15, 0.2) is 0 Å². The normalized spacial score (nSPS) is 10.4. The Morgan fingerprint density at radius 1 is 1.38 bits per heavy atom. The van der Waals surface area contributed by atoms with E-state index in [1.54, 1.807) is 6.20 Å². The summed E-state index contributed by atoms with van der Waals surface area (Å²) in [5.41, 5.74) is 8.68. The summed E-state index contributed by atoms with van der Waals surface area (Å²) < 4.78 is 5.36. The third-order valence-electron chi connectivity index (χ3n) is 2.42. The van der Waals surface area contributed by atoms with Gasteiger partial charge in [0.05, 0.1) is 24.1 Å². The average molecular weight is 217 g/mol. The minimum absolute atomic E-state index is 0.543. The smallest absolute Gasteiger partial charge is 0.213 e. The lowest BCUT2D eigenvalue weighted by atomic mass is 10.2. The summed E-state index contributed by atoms with van der Waals surface area (Å²) in [4.78, 5) is 4.11. The summed E-state index contributed by atoms with van der Waals surface area (Å²) in [7, 11) is 0. The van der Waals surface area contributed by atoms with Crippen LogP contribution < -0.4 is 11.1 Å². The van der Waals surface area contributed by atoms with Crippen LogP contribution in [0.3, 0.4) is 0 Å². The Kier molecular flexibility index (Phi) is 2.81. The highest BCUT2D eigenvalue weighted by molar-refractivity contribution is 5.69. The second kappa shape index (κ2) is 4.26. The van der Waals surface area contributed by atoms with Gasteiger partial charge in [-0.25, -0.2) is 4.98 Å². The molecule has 0 amide bonds. The lowest BCUT2D eigenvalue weighted by Crippen LogP contribution is -2.03. The van der Waals surface area contributed by atoms with Crippen molar-refractivity contribution in [3.05, 3.63) is 41.6 Å². The van der Waals surface area contributed by atoms with Crippen molar-refractivity contribution >= 4 is 11.4 Å². The first-order valence-electron chi connectivity index (χ1n) is 5.17. The number of aryl methyl sites for hydroxylation is 2. The SMILES string of the molecule is Cc1cnc(CNc2cccc(C)c2N)o1. The van der Waals surface area contributed by atoms with Crippen LogP contribution in [0, 0.1) is 13.8 Å². The number of aromatic nitrogens is 1. The number of hydrogen-bond acceptors (Lipinski definition) is 4. The molecule has 2 rings (SSSR count). The average Bonchev–Trinajstić information content (AvgIpc) is 2.67. The van der Waals surface area contributed by atoms with E-state index in [0.717, 1.165) is 22.7 Å². The molecule has 3 N–H and O–H groups in total. The first-order valence-corrected chi connectivity index (χ1v) is 5.17. The number of nitrogens with two attached hydrogens (primary N) is 1. The molecule has 0 aliphatic heterocycles. The topological polar surface area (TPSA) is 64.1 Å². The third kappa shape index (κ3) is 2.16. The quantitative estimate of drug-likeness (QED) is 0.775. The van der Waals surface area contributed by atoms with E-state index in [0.29, 0.717) is 12.4 Å². The van der Waals surface area contributed by atoms with Crippen LogP contribution in [0.2, 0.25) is 0 Å². The van der Waals surface area contributed by atoms with Gasteiger partial charge in [-0.1, -0.05) is 12.1 Å². The minimum Gasteiger partial charge on any atom is -0.444 e. The second-order valence-electron chi connectivity index (χ2n) is 3.75. The maximum atomic E-state index is 5.94. The summed E-state index contributed by atoms with van der Waals surface area (Å²) in [6, 6.07) is 5.89. The number of nitrogens with zero attached hydrogens (tertiary/aromatic N) is 1. The summed E-state index contributed by atoms with van der Waals surface area (Å²) in [5, 5.41) is 3.20. The van der Waals surface area contributed by atoms with Crippen molar-refractivity contribution in [2.75, 3.05) is 11.1 Å². The van der Waals surface area contributed by atoms with Crippen molar-refractivity contribution in [2.24, 2.45) is 0 Å². The lowest BCUT2D eigenvalue weighted by molar-refractivity contribution is 0.479. The minimum atomic E-state index is 0.543. The molecule has 1 heterocycles. The van der Waals surface area contributed by atoms with Gasteiger partial charge in [-0.15, -0.1) is 0 Å². The van der Waals surface area contributed by atoms with E-state index in [9.17, 15) is 0 Å². The molecular weight excluding hydrogens is 202 g/mol. The molecular formula is C12H15N3O. The number of para-hydroxylation sites is 1. The molecule has 4 nitrogen and oxygen atoms in total. The highest BCUT2D eigenvalue weighted by Crippen LogP contribution is 2.22. The second-order valence-corrected chi connectivity index (χ2v) is 3.75. The fourth-order valence-corrected chi connectivity index (χ4v) is 1.49. The Bertz CT molecular complexity index is 491. The number of rotatable bonds is 3. The van der Waals surface area contributed by atoms with Gasteiger partial charge in [0.25, 0.3) is 0 Å². The largest absolute Gasteiger partial charge is 0.444 e. The van der Waals surface area contributed by atoms with Crippen molar-refractivity contribution in [1.29, 1.82) is 0 Å². The summed E-state index contributed by atoms with van der Waals surface area (Å²) in [6.07, 6.45) is 1.70. The van der Waals surface area contributed by atoms with Crippen molar-refractivity contribution in [2.45, 2.75) is 20.4 Å². The van der Waals surface area contributed by atoms with Crippen LogP contribution in [0.25, 0.3) is 0 Å². The van der Waals surface area contributed by atoms with Gasteiger partial charge in [-0.3, -0.25) is 0 Å². The van der Waals surface area contributed by atoms with Crippen LogP contribution in [-0.2, 0) is 6.54 Å². The highest BCUT2D eigenvalue weighted by atomic mass is 16.4. The van der Waals surface area contributed by atoms with E-state index in [2.05, 4.69) is 10.3 Å². The van der Waals surface area contributed by atoms with Crippen molar-refractivity contribution in [1.82, 2.24) is 4.98 Å². The zero-order valence-corrected chi connectivity index (χ0v) is 9.45. The van der Waals surface area contributed by atoms with Gasteiger partial charge in [0, 0.05) is 0 Å². The Hall–Kier alpha value is -1.97. The first kappa shape index (κ1) is 10.5. The molecule has 1 aromatic carbocycles. The predicted molar refractivity (Wildman–Crippen MR) is 64.2 cm³/mol. The number of oxazole rings is 1. The van der Waals surface area contributed by atoms with Gasteiger partial charge < -0.3 is 15.5 Å². The molecule has 0 bridgehead atoms. The number of nitrogen functional groups attached to an aromatic ring is 1. The van der Waals surface area contributed by atoms with Crippen LogP contribution in [-0.4, -0.2) is 4.98 Å². The maximum absolute atomic E-state index is 5.94. The Labute approximate surface area is 94.5 Å². The number of nitrogens with one attached hydrogen (secondary N) is 1. The van der Waals surface area contributed by atoms with Gasteiger partial charge in [-0.05, 0) is 25.5 Å². The van der Waals surface area contributed by atoms with Crippen molar-refractivity contribution in [3.63, 3.8) is 0 Å². The Morgan fingerprint density at radius 2 is 2.19 bits per heavy atom. The first-order chi connectivity index (χ1) is 7.66. The van der Waals surface area contributed by atoms with Crippen LogP contribution in [0.5, 0.6) is 0 Å². The lowest BCUT2D eigenvalue weighted by Gasteiger charge is -2.09. The van der Waals surface area contributed by atoms with Crippen LogP contribution in [0.1, 0.15) is 17.2 Å². The molecule has 0 atom stereocenters. The molecule has 0 unspecified atom stereocenters. The molecule has 16 heavy (non-hydrogen) atoms. The zero-order valence-electron chi connectivity index (χ0n) is 9.45.